The third kappa shape index (κ3) is 12.5. The van der Waals surface area contributed by atoms with Crippen molar-refractivity contribution in [2.75, 3.05) is 13.1 Å². The highest BCUT2D eigenvalue weighted by atomic mass is 14.9. The van der Waals surface area contributed by atoms with E-state index in [9.17, 15) is 0 Å². The van der Waals surface area contributed by atoms with Crippen molar-refractivity contribution in [1.82, 2.24) is 5.32 Å². The van der Waals surface area contributed by atoms with Crippen LogP contribution in [0.4, 0.5) is 0 Å². The van der Waals surface area contributed by atoms with Crippen LogP contribution in [-0.2, 0) is 0 Å². The third-order valence-electron chi connectivity index (χ3n) is 6.07. The van der Waals surface area contributed by atoms with Gasteiger partial charge in [-0.05, 0) is 62.6 Å². The van der Waals surface area contributed by atoms with Gasteiger partial charge in [-0.2, -0.15) is 0 Å². The third-order valence-corrected chi connectivity index (χ3v) is 6.07. The quantitative estimate of drug-likeness (QED) is 0.442. The van der Waals surface area contributed by atoms with Crippen molar-refractivity contribution in [2.45, 2.75) is 77.6 Å². The van der Waals surface area contributed by atoms with Gasteiger partial charge in [0.05, 0.1) is 0 Å². The molecule has 1 N–H and O–H groups in total. The Bertz CT molecular complexity index is 577. The Morgan fingerprint density at radius 1 is 0.793 bits per heavy atom. The lowest BCUT2D eigenvalue weighted by atomic mass is 9.96. The Balaban J connectivity index is 1.65. The molecular formula is C28H43N. The van der Waals surface area contributed by atoms with Crippen LogP contribution in [0, 0.1) is 11.8 Å². The Labute approximate surface area is 180 Å². The fourth-order valence-corrected chi connectivity index (χ4v) is 4.24. The Morgan fingerprint density at radius 3 is 2.07 bits per heavy atom. The predicted octanol–water partition coefficient (Wildman–Crippen LogP) is 7.85. The molecule has 1 saturated carbocycles. The van der Waals surface area contributed by atoms with E-state index < -0.39 is 0 Å². The van der Waals surface area contributed by atoms with E-state index in [0.717, 1.165) is 18.3 Å². The van der Waals surface area contributed by atoms with Crippen LogP contribution in [0.5, 0.6) is 0 Å². The van der Waals surface area contributed by atoms with Crippen LogP contribution in [-0.4, -0.2) is 13.1 Å². The van der Waals surface area contributed by atoms with Gasteiger partial charge in [0.15, 0.2) is 0 Å². The fourth-order valence-electron chi connectivity index (χ4n) is 4.24. The molecule has 0 heterocycles. The van der Waals surface area contributed by atoms with Gasteiger partial charge < -0.3 is 5.32 Å². The molecular weight excluding hydrogens is 350 g/mol. The molecule has 0 saturated heterocycles. The molecule has 0 aromatic heterocycles. The van der Waals surface area contributed by atoms with E-state index in [0.29, 0.717) is 0 Å². The summed E-state index contributed by atoms with van der Waals surface area (Å²) in [5.41, 5.74) is 1.41. The van der Waals surface area contributed by atoms with Crippen LogP contribution in [0.2, 0.25) is 0 Å². The number of nitrogens with one attached hydrogen (secondary N) is 1. The van der Waals surface area contributed by atoms with Crippen molar-refractivity contribution in [3.8, 4) is 0 Å². The van der Waals surface area contributed by atoms with Crippen LogP contribution in [0.1, 0.15) is 77.6 Å². The lowest BCUT2D eigenvalue weighted by Crippen LogP contribution is -2.27. The highest BCUT2D eigenvalue weighted by Crippen LogP contribution is 2.21. The molecule has 0 aromatic rings. The van der Waals surface area contributed by atoms with E-state index in [4.69, 9.17) is 0 Å². The minimum Gasteiger partial charge on any atom is -0.316 e. The van der Waals surface area contributed by atoms with E-state index in [2.05, 4.69) is 79.1 Å². The van der Waals surface area contributed by atoms with Gasteiger partial charge >= 0.3 is 0 Å². The molecule has 2 aliphatic rings. The molecule has 1 atom stereocenters. The second kappa shape index (κ2) is 16.2. The second-order valence-corrected chi connectivity index (χ2v) is 8.86. The predicted molar refractivity (Wildman–Crippen MR) is 130 cm³/mol. The number of rotatable bonds is 8. The number of hydrogen-bond donors (Lipinski definition) is 1. The summed E-state index contributed by atoms with van der Waals surface area (Å²) in [5, 5.41) is 3.80. The first-order valence-corrected chi connectivity index (χ1v) is 12.1. The topological polar surface area (TPSA) is 12.0 Å². The van der Waals surface area contributed by atoms with E-state index in [-0.39, 0.29) is 0 Å². The molecule has 2 rings (SSSR count). The molecule has 29 heavy (non-hydrogen) atoms. The summed E-state index contributed by atoms with van der Waals surface area (Å²) < 4.78 is 0. The largest absolute Gasteiger partial charge is 0.316 e. The average Bonchev–Trinajstić information content (AvgIpc) is 2.84. The van der Waals surface area contributed by atoms with E-state index >= 15 is 0 Å². The Kier molecular flexibility index (Phi) is 13.2. The molecule has 160 valence electrons. The summed E-state index contributed by atoms with van der Waals surface area (Å²) in [4.78, 5) is 0. The van der Waals surface area contributed by atoms with Gasteiger partial charge in [-0.25, -0.2) is 0 Å². The first-order valence-electron chi connectivity index (χ1n) is 12.1. The zero-order valence-electron chi connectivity index (χ0n) is 18.7. The molecule has 0 radical (unpaired) electrons. The van der Waals surface area contributed by atoms with Gasteiger partial charge in [0.25, 0.3) is 0 Å². The van der Waals surface area contributed by atoms with Crippen molar-refractivity contribution in [3.05, 3.63) is 72.4 Å². The smallest absolute Gasteiger partial charge is 0.00204 e. The monoisotopic (exact) mass is 393 g/mol. The van der Waals surface area contributed by atoms with Gasteiger partial charge in [0.1, 0.15) is 0 Å². The maximum atomic E-state index is 3.80. The molecule has 1 heteroatoms. The maximum Gasteiger partial charge on any atom is -0.00204 e. The lowest BCUT2D eigenvalue weighted by molar-refractivity contribution is 0.377. The normalized spacial score (nSPS) is 27.6. The minimum atomic E-state index is 0.755. The molecule has 0 aliphatic heterocycles. The highest BCUT2D eigenvalue weighted by molar-refractivity contribution is 5.29. The van der Waals surface area contributed by atoms with Crippen LogP contribution in [0.3, 0.4) is 0 Å². The molecule has 0 amide bonds. The van der Waals surface area contributed by atoms with Gasteiger partial charge in [-0.3, -0.25) is 0 Å². The maximum absolute atomic E-state index is 3.80. The van der Waals surface area contributed by atoms with Crippen molar-refractivity contribution in [2.24, 2.45) is 11.8 Å². The van der Waals surface area contributed by atoms with Crippen molar-refractivity contribution in [1.29, 1.82) is 0 Å². The Hall–Kier alpha value is -1.60. The number of allylic oxidation sites excluding steroid dienone is 12. The molecule has 1 nitrogen and oxygen atoms in total. The average molecular weight is 394 g/mol. The van der Waals surface area contributed by atoms with Crippen molar-refractivity contribution < 1.29 is 0 Å². The molecule has 1 fully saturated rings. The summed E-state index contributed by atoms with van der Waals surface area (Å²) >= 11 is 0. The van der Waals surface area contributed by atoms with E-state index in [1.165, 1.54) is 82.9 Å². The van der Waals surface area contributed by atoms with Crippen LogP contribution in [0.15, 0.2) is 72.4 Å². The van der Waals surface area contributed by atoms with Gasteiger partial charge in [-0.15, -0.1) is 0 Å². The van der Waals surface area contributed by atoms with Crippen LogP contribution >= 0.6 is 0 Å². The highest BCUT2D eigenvalue weighted by Gasteiger charge is 2.11. The molecule has 2 aliphatic carbocycles. The summed E-state index contributed by atoms with van der Waals surface area (Å²) in [6.45, 7) is 4.81. The SMILES string of the molecule is CC(CCCC1=C/C=C\C=C/C=C\C=C/C=C\1)CNCC1CCCCCCCC1. The van der Waals surface area contributed by atoms with Gasteiger partial charge in [-0.1, -0.05) is 112 Å². The standard InChI is InChI=1S/C28H43N/c1-26(24-29-25-28-21-15-11-7-8-12-16-22-28)18-17-23-27-19-13-9-5-3-2-4-6-10-14-20-27/h2-6,9-10,13-14,19-20,26,28-29H,7-8,11-12,15-18,21-25H2,1H3/b3-2-,4-2?,5-3?,6-4-,9-5-,10-6?,13-9?,14-10-,19-13-,20-14?,27-19?,27-20+. The first kappa shape index (κ1) is 23.7. The van der Waals surface area contributed by atoms with E-state index in [1.54, 1.807) is 0 Å². The summed E-state index contributed by atoms with van der Waals surface area (Å²) in [6.07, 6.45) is 38.6. The first-order chi connectivity index (χ1) is 14.3. The zero-order valence-corrected chi connectivity index (χ0v) is 18.7. The Morgan fingerprint density at radius 2 is 1.38 bits per heavy atom. The molecule has 0 spiro atoms. The van der Waals surface area contributed by atoms with Crippen molar-refractivity contribution in [3.63, 3.8) is 0 Å². The summed E-state index contributed by atoms with van der Waals surface area (Å²) in [5.74, 6) is 1.67. The summed E-state index contributed by atoms with van der Waals surface area (Å²) in [6, 6.07) is 0. The van der Waals surface area contributed by atoms with Gasteiger partial charge in [0.2, 0.25) is 0 Å². The fraction of sp³-hybridized carbons (Fsp3) is 0.571. The second-order valence-electron chi connectivity index (χ2n) is 8.86. The number of hydrogen-bond acceptors (Lipinski definition) is 1. The van der Waals surface area contributed by atoms with Gasteiger partial charge in [0, 0.05) is 0 Å². The van der Waals surface area contributed by atoms with Crippen molar-refractivity contribution >= 4 is 0 Å². The van der Waals surface area contributed by atoms with E-state index in [1.807, 2.05) is 0 Å². The molecule has 0 aromatic carbocycles. The lowest BCUT2D eigenvalue weighted by Gasteiger charge is -2.19. The minimum absolute atomic E-state index is 0.755. The summed E-state index contributed by atoms with van der Waals surface area (Å²) in [7, 11) is 0. The zero-order chi connectivity index (χ0) is 20.4. The molecule has 0 bridgehead atoms. The molecule has 1 unspecified atom stereocenters. The van der Waals surface area contributed by atoms with Crippen LogP contribution in [0.25, 0.3) is 0 Å². The van der Waals surface area contributed by atoms with Crippen LogP contribution < -0.4 is 5.32 Å².